The van der Waals surface area contributed by atoms with Crippen LogP contribution in [0.25, 0.3) is 10.9 Å². The van der Waals surface area contributed by atoms with Crippen LogP contribution in [-0.2, 0) is 0 Å². The number of hydrazone groups is 1. The van der Waals surface area contributed by atoms with Gasteiger partial charge in [-0.15, -0.1) is 0 Å². The number of ether oxygens (including phenoxy) is 1. The van der Waals surface area contributed by atoms with E-state index in [1.807, 2.05) is 55.5 Å². The largest absolute Gasteiger partial charge is 0.497 e. The molecule has 3 rings (SSSR count). The topological polar surface area (TPSA) is 66.5 Å². The number of nitrogens with zero attached hydrogens (tertiary/aromatic N) is 1. The summed E-state index contributed by atoms with van der Waals surface area (Å²) >= 11 is 0. The van der Waals surface area contributed by atoms with Crippen molar-refractivity contribution in [3.8, 4) is 5.75 Å². The molecule has 2 aromatic carbocycles. The van der Waals surface area contributed by atoms with Crippen LogP contribution in [0.3, 0.4) is 0 Å². The first-order chi connectivity index (χ1) is 11.2. The Balaban J connectivity index is 1.79. The van der Waals surface area contributed by atoms with Crippen LogP contribution in [0.15, 0.2) is 59.8 Å². The van der Waals surface area contributed by atoms with Gasteiger partial charge in [-0.1, -0.05) is 30.3 Å². The minimum absolute atomic E-state index is 0.246. The molecule has 1 aromatic heterocycles. The molecule has 0 saturated carbocycles. The fourth-order valence-electron chi connectivity index (χ4n) is 2.37. The van der Waals surface area contributed by atoms with Crippen LogP contribution < -0.4 is 10.2 Å². The predicted octanol–water partition coefficient (Wildman–Crippen LogP) is 3.33. The Morgan fingerprint density at radius 2 is 2.00 bits per heavy atom. The molecule has 23 heavy (non-hydrogen) atoms. The molecular formula is C18H17N3O2. The van der Waals surface area contributed by atoms with Gasteiger partial charge in [-0.25, -0.2) is 5.43 Å². The van der Waals surface area contributed by atoms with Gasteiger partial charge in [0.15, 0.2) is 0 Å². The van der Waals surface area contributed by atoms with Gasteiger partial charge in [0.25, 0.3) is 5.91 Å². The zero-order valence-corrected chi connectivity index (χ0v) is 13.0. The molecule has 5 nitrogen and oxygen atoms in total. The van der Waals surface area contributed by atoms with Gasteiger partial charge in [0.1, 0.15) is 5.75 Å². The molecule has 0 saturated heterocycles. The van der Waals surface area contributed by atoms with Gasteiger partial charge < -0.3 is 9.72 Å². The van der Waals surface area contributed by atoms with E-state index in [-0.39, 0.29) is 5.91 Å². The van der Waals surface area contributed by atoms with E-state index < -0.39 is 0 Å². The van der Waals surface area contributed by atoms with E-state index in [4.69, 9.17) is 4.74 Å². The van der Waals surface area contributed by atoms with Gasteiger partial charge in [0, 0.05) is 22.7 Å². The quantitative estimate of drug-likeness (QED) is 0.573. The number of hydrogen-bond acceptors (Lipinski definition) is 3. The van der Waals surface area contributed by atoms with E-state index in [9.17, 15) is 4.79 Å². The molecule has 0 spiro atoms. The number of aromatic amines is 1. The van der Waals surface area contributed by atoms with Crippen molar-refractivity contribution < 1.29 is 9.53 Å². The Labute approximate surface area is 134 Å². The van der Waals surface area contributed by atoms with Crippen molar-refractivity contribution in [1.29, 1.82) is 0 Å². The van der Waals surface area contributed by atoms with Crippen LogP contribution in [0.5, 0.6) is 5.75 Å². The highest BCUT2D eigenvalue weighted by Crippen LogP contribution is 2.17. The smallest absolute Gasteiger partial charge is 0.273 e. The molecule has 2 N–H and O–H groups in total. The summed E-state index contributed by atoms with van der Waals surface area (Å²) in [5, 5.41) is 5.05. The summed E-state index contributed by atoms with van der Waals surface area (Å²) in [4.78, 5) is 15.4. The van der Waals surface area contributed by atoms with Crippen molar-refractivity contribution in [1.82, 2.24) is 10.4 Å². The van der Waals surface area contributed by atoms with Gasteiger partial charge in [0.05, 0.1) is 18.4 Å². The number of H-pyrrole nitrogens is 1. The highest BCUT2D eigenvalue weighted by Gasteiger charge is 2.11. The molecule has 1 amide bonds. The number of nitrogens with one attached hydrogen (secondary N) is 2. The molecule has 5 heteroatoms. The molecule has 0 bridgehead atoms. The lowest BCUT2D eigenvalue weighted by Crippen LogP contribution is -2.19. The normalized spacial score (nSPS) is 11.5. The fraction of sp³-hybridized carbons (Fsp3) is 0.111. The molecule has 116 valence electrons. The average Bonchev–Trinajstić information content (AvgIpc) is 3.03. The van der Waals surface area contributed by atoms with Gasteiger partial charge in [-0.05, 0) is 25.1 Å². The lowest BCUT2D eigenvalue weighted by molar-refractivity contribution is 0.0956. The third-order valence-corrected chi connectivity index (χ3v) is 3.65. The van der Waals surface area contributed by atoms with Crippen molar-refractivity contribution in [3.05, 3.63) is 65.9 Å². The van der Waals surface area contributed by atoms with Crippen molar-refractivity contribution in [2.75, 3.05) is 7.11 Å². The number of rotatable bonds is 4. The first-order valence-electron chi connectivity index (χ1n) is 7.24. The van der Waals surface area contributed by atoms with Gasteiger partial charge in [-0.2, -0.15) is 5.10 Å². The first-order valence-corrected chi connectivity index (χ1v) is 7.24. The summed E-state index contributed by atoms with van der Waals surface area (Å²) in [5.74, 6) is 0.504. The third kappa shape index (κ3) is 3.08. The molecule has 0 atom stereocenters. The number of fused-ring (bicyclic) bond motifs is 1. The van der Waals surface area contributed by atoms with E-state index in [1.165, 1.54) is 0 Å². The Kier molecular flexibility index (Phi) is 4.10. The van der Waals surface area contributed by atoms with E-state index in [2.05, 4.69) is 15.5 Å². The van der Waals surface area contributed by atoms with Crippen molar-refractivity contribution in [2.24, 2.45) is 5.10 Å². The Morgan fingerprint density at radius 1 is 1.17 bits per heavy atom. The zero-order chi connectivity index (χ0) is 16.2. The minimum atomic E-state index is -0.246. The zero-order valence-electron chi connectivity index (χ0n) is 13.0. The number of methoxy groups -OCH3 is 1. The Hall–Kier alpha value is -3.08. The number of benzene rings is 2. The van der Waals surface area contributed by atoms with Crippen LogP contribution in [0.2, 0.25) is 0 Å². The van der Waals surface area contributed by atoms with Gasteiger partial charge in [0.2, 0.25) is 0 Å². The maximum Gasteiger partial charge on any atom is 0.273 e. The van der Waals surface area contributed by atoms with Gasteiger partial charge in [-0.3, -0.25) is 4.79 Å². The number of aromatic nitrogens is 1. The third-order valence-electron chi connectivity index (χ3n) is 3.65. The average molecular weight is 307 g/mol. The number of para-hydroxylation sites is 1. The van der Waals surface area contributed by atoms with Crippen LogP contribution in [-0.4, -0.2) is 23.7 Å². The standard InChI is InChI=1S/C18H17N3O2/c1-12(13-6-5-7-14(10-13)23-2)20-21-18(22)16-11-19-17-9-4-3-8-15(16)17/h3-11,19H,1-2H3,(H,21,22). The summed E-state index contributed by atoms with van der Waals surface area (Å²) in [7, 11) is 1.62. The van der Waals surface area contributed by atoms with Crippen molar-refractivity contribution in [2.45, 2.75) is 6.92 Å². The molecule has 3 aromatic rings. The molecule has 0 aliphatic rings. The second-order valence-electron chi connectivity index (χ2n) is 5.12. The summed E-state index contributed by atoms with van der Waals surface area (Å²) in [6, 6.07) is 15.2. The lowest BCUT2D eigenvalue weighted by Gasteiger charge is -2.05. The van der Waals surface area contributed by atoms with Crippen molar-refractivity contribution in [3.63, 3.8) is 0 Å². The SMILES string of the molecule is COc1cccc(C(C)=NNC(=O)c2c[nH]c3ccccc23)c1. The van der Waals surface area contributed by atoms with Crippen LogP contribution in [0.1, 0.15) is 22.8 Å². The molecular weight excluding hydrogens is 290 g/mol. The maximum absolute atomic E-state index is 12.3. The molecule has 0 radical (unpaired) electrons. The summed E-state index contributed by atoms with van der Waals surface area (Å²) in [6.45, 7) is 1.84. The van der Waals surface area contributed by atoms with Crippen molar-refractivity contribution >= 4 is 22.5 Å². The highest BCUT2D eigenvalue weighted by atomic mass is 16.5. The van der Waals surface area contributed by atoms with E-state index in [0.29, 0.717) is 11.3 Å². The second-order valence-corrected chi connectivity index (χ2v) is 5.12. The van der Waals surface area contributed by atoms with Crippen LogP contribution in [0, 0.1) is 0 Å². The Morgan fingerprint density at radius 3 is 2.83 bits per heavy atom. The van der Waals surface area contributed by atoms with E-state index in [1.54, 1.807) is 13.3 Å². The summed E-state index contributed by atoms with van der Waals surface area (Å²) in [6.07, 6.45) is 1.69. The predicted molar refractivity (Wildman–Crippen MR) is 91.0 cm³/mol. The number of hydrogen-bond donors (Lipinski definition) is 2. The van der Waals surface area contributed by atoms with E-state index >= 15 is 0 Å². The lowest BCUT2D eigenvalue weighted by atomic mass is 10.1. The summed E-state index contributed by atoms with van der Waals surface area (Å²) < 4.78 is 5.19. The second kappa shape index (κ2) is 6.36. The Bertz CT molecular complexity index is 881. The van der Waals surface area contributed by atoms with Crippen LogP contribution in [0.4, 0.5) is 0 Å². The maximum atomic E-state index is 12.3. The molecule has 0 unspecified atom stereocenters. The molecule has 0 aliphatic heterocycles. The number of carbonyl (C=O) groups excluding carboxylic acids is 1. The molecule has 0 aliphatic carbocycles. The molecule has 1 heterocycles. The fourth-order valence-corrected chi connectivity index (χ4v) is 2.37. The monoisotopic (exact) mass is 307 g/mol. The summed E-state index contributed by atoms with van der Waals surface area (Å²) in [5.41, 5.74) is 5.69. The van der Waals surface area contributed by atoms with E-state index in [0.717, 1.165) is 22.2 Å². The minimum Gasteiger partial charge on any atom is -0.497 e. The highest BCUT2D eigenvalue weighted by molar-refractivity contribution is 6.07. The number of amides is 1. The number of carbonyl (C=O) groups is 1. The van der Waals surface area contributed by atoms with Crippen LogP contribution >= 0.6 is 0 Å². The van der Waals surface area contributed by atoms with Gasteiger partial charge >= 0.3 is 0 Å². The first kappa shape index (κ1) is 14.8. The molecule has 0 fully saturated rings.